The van der Waals surface area contributed by atoms with Crippen LogP contribution in [0.5, 0.6) is 0 Å². The Morgan fingerprint density at radius 3 is 2.79 bits per heavy atom. The first kappa shape index (κ1) is 13.1. The lowest BCUT2D eigenvalue weighted by Gasteiger charge is -2.55. The van der Waals surface area contributed by atoms with E-state index in [-0.39, 0.29) is 23.4 Å². The van der Waals surface area contributed by atoms with Gasteiger partial charge < -0.3 is 14.9 Å². The van der Waals surface area contributed by atoms with Gasteiger partial charge in [0, 0.05) is 12.2 Å². The predicted octanol–water partition coefficient (Wildman–Crippen LogP) is 1.41. The van der Waals surface area contributed by atoms with Crippen molar-refractivity contribution >= 4 is 5.97 Å². The Balaban J connectivity index is 2.07. The van der Waals surface area contributed by atoms with Gasteiger partial charge in [-0.05, 0) is 48.0 Å². The molecule has 3 aliphatic rings. The van der Waals surface area contributed by atoms with Gasteiger partial charge in [0.25, 0.3) is 0 Å². The van der Waals surface area contributed by atoms with E-state index in [1.54, 1.807) is 0 Å². The monoisotopic (exact) mass is 266 g/mol. The van der Waals surface area contributed by atoms with Crippen LogP contribution in [0.2, 0.25) is 0 Å². The van der Waals surface area contributed by atoms with Gasteiger partial charge in [0.1, 0.15) is 6.61 Å². The maximum Gasteiger partial charge on any atom is 0.334 e. The summed E-state index contributed by atoms with van der Waals surface area (Å²) in [6, 6.07) is 0. The first-order valence-electron chi connectivity index (χ1n) is 7.09. The molecule has 0 aromatic carbocycles. The SMILES string of the molecule is C[C@@]1(CO)C[C@H](O)C[C@@]2(C)C3=C(CC[C@H]12)C(=O)OC3. The van der Waals surface area contributed by atoms with E-state index in [9.17, 15) is 15.0 Å². The number of esters is 1. The number of aliphatic hydroxyl groups is 2. The molecule has 0 aromatic rings. The van der Waals surface area contributed by atoms with Gasteiger partial charge >= 0.3 is 5.97 Å². The van der Waals surface area contributed by atoms with Crippen molar-refractivity contribution < 1.29 is 19.7 Å². The van der Waals surface area contributed by atoms with Crippen molar-refractivity contribution in [1.82, 2.24) is 0 Å². The number of carbonyl (C=O) groups is 1. The second kappa shape index (κ2) is 4.06. The van der Waals surface area contributed by atoms with Gasteiger partial charge in [0.05, 0.1) is 6.10 Å². The fourth-order valence-electron chi connectivity index (χ4n) is 4.82. The molecule has 1 aliphatic heterocycles. The normalized spacial score (nSPS) is 45.8. The molecule has 3 rings (SSSR count). The first-order chi connectivity index (χ1) is 8.90. The van der Waals surface area contributed by atoms with Crippen molar-refractivity contribution in [3.05, 3.63) is 11.1 Å². The standard InChI is InChI=1S/C15H22O4/c1-14(8-16)5-9(17)6-15(2)11-7-19-13(18)10(11)3-4-12(14)15/h9,12,16-17H,3-8H2,1-2H3/t9-,12+,14-,15-/m0/s1. The Hall–Kier alpha value is -0.870. The highest BCUT2D eigenvalue weighted by Crippen LogP contribution is 2.60. The predicted molar refractivity (Wildman–Crippen MR) is 69.2 cm³/mol. The molecule has 4 heteroatoms. The van der Waals surface area contributed by atoms with Crippen molar-refractivity contribution in [2.24, 2.45) is 16.7 Å². The van der Waals surface area contributed by atoms with Gasteiger partial charge in [0.2, 0.25) is 0 Å². The fraction of sp³-hybridized carbons (Fsp3) is 0.800. The Morgan fingerprint density at radius 1 is 1.37 bits per heavy atom. The van der Waals surface area contributed by atoms with Crippen molar-refractivity contribution in [1.29, 1.82) is 0 Å². The lowest BCUT2D eigenvalue weighted by molar-refractivity contribution is -0.136. The molecule has 0 saturated heterocycles. The number of fused-ring (bicyclic) bond motifs is 2. The van der Waals surface area contributed by atoms with Crippen LogP contribution in [0.4, 0.5) is 0 Å². The van der Waals surface area contributed by atoms with Gasteiger partial charge in [-0.1, -0.05) is 13.8 Å². The molecule has 19 heavy (non-hydrogen) atoms. The minimum absolute atomic E-state index is 0.0851. The zero-order chi connectivity index (χ0) is 13.8. The van der Waals surface area contributed by atoms with E-state index in [1.165, 1.54) is 0 Å². The number of hydrogen-bond acceptors (Lipinski definition) is 4. The zero-order valence-corrected chi connectivity index (χ0v) is 11.6. The Bertz CT molecular complexity index is 455. The van der Waals surface area contributed by atoms with Gasteiger partial charge in [-0.3, -0.25) is 0 Å². The van der Waals surface area contributed by atoms with Gasteiger partial charge in [0.15, 0.2) is 0 Å². The van der Waals surface area contributed by atoms with Crippen LogP contribution >= 0.6 is 0 Å². The second-order valence-electron chi connectivity index (χ2n) is 6.92. The third kappa shape index (κ3) is 1.69. The quantitative estimate of drug-likeness (QED) is 0.704. The fourth-order valence-corrected chi connectivity index (χ4v) is 4.82. The molecule has 2 N–H and O–H groups in total. The summed E-state index contributed by atoms with van der Waals surface area (Å²) in [6.45, 7) is 4.64. The van der Waals surface area contributed by atoms with Crippen LogP contribution in [0.25, 0.3) is 0 Å². The van der Waals surface area contributed by atoms with E-state index in [1.807, 2.05) is 0 Å². The molecular weight excluding hydrogens is 244 g/mol. The third-order valence-corrected chi connectivity index (χ3v) is 5.66. The van der Waals surface area contributed by atoms with E-state index in [2.05, 4.69) is 13.8 Å². The van der Waals surface area contributed by atoms with E-state index in [0.717, 1.165) is 24.0 Å². The lowest BCUT2D eigenvalue weighted by Crippen LogP contribution is -2.52. The molecule has 4 nitrogen and oxygen atoms in total. The van der Waals surface area contributed by atoms with Crippen LogP contribution in [0, 0.1) is 16.7 Å². The number of cyclic esters (lactones) is 1. The Labute approximate surface area is 113 Å². The minimum Gasteiger partial charge on any atom is -0.458 e. The largest absolute Gasteiger partial charge is 0.458 e. The van der Waals surface area contributed by atoms with Crippen molar-refractivity contribution in [2.75, 3.05) is 13.2 Å². The molecule has 106 valence electrons. The summed E-state index contributed by atoms with van der Waals surface area (Å²) < 4.78 is 5.19. The maximum atomic E-state index is 11.7. The van der Waals surface area contributed by atoms with Crippen LogP contribution in [0.3, 0.4) is 0 Å². The molecule has 0 radical (unpaired) electrons. The Kier molecular flexibility index (Phi) is 2.81. The molecule has 4 atom stereocenters. The summed E-state index contributed by atoms with van der Waals surface area (Å²) in [5, 5.41) is 20.0. The molecule has 2 aliphatic carbocycles. The zero-order valence-electron chi connectivity index (χ0n) is 11.6. The van der Waals surface area contributed by atoms with E-state index >= 15 is 0 Å². The van der Waals surface area contributed by atoms with Crippen molar-refractivity contribution in [3.63, 3.8) is 0 Å². The molecule has 0 bridgehead atoms. The minimum atomic E-state index is -0.416. The number of carbonyl (C=O) groups excluding carboxylic acids is 1. The molecule has 0 unspecified atom stereocenters. The molecule has 0 amide bonds. The van der Waals surface area contributed by atoms with Crippen molar-refractivity contribution in [3.8, 4) is 0 Å². The van der Waals surface area contributed by atoms with Crippen LogP contribution in [0.1, 0.15) is 39.5 Å². The highest BCUT2D eigenvalue weighted by Gasteiger charge is 2.56. The number of ether oxygens (including phenoxy) is 1. The molecule has 1 heterocycles. The van der Waals surface area contributed by atoms with Gasteiger partial charge in [-0.2, -0.15) is 0 Å². The number of aliphatic hydroxyl groups excluding tert-OH is 2. The van der Waals surface area contributed by atoms with Crippen LogP contribution in [-0.4, -0.2) is 35.5 Å². The van der Waals surface area contributed by atoms with Gasteiger partial charge in [-0.15, -0.1) is 0 Å². The van der Waals surface area contributed by atoms with Gasteiger partial charge in [-0.25, -0.2) is 4.79 Å². The highest BCUT2D eigenvalue weighted by atomic mass is 16.5. The third-order valence-electron chi connectivity index (χ3n) is 5.66. The number of rotatable bonds is 1. The molecule has 1 saturated carbocycles. The Morgan fingerprint density at radius 2 is 2.11 bits per heavy atom. The second-order valence-corrected chi connectivity index (χ2v) is 6.92. The average molecular weight is 266 g/mol. The summed E-state index contributed by atoms with van der Waals surface area (Å²) >= 11 is 0. The molecule has 0 aromatic heterocycles. The van der Waals surface area contributed by atoms with Crippen LogP contribution in [0.15, 0.2) is 11.1 Å². The lowest BCUT2D eigenvalue weighted by atomic mass is 9.49. The average Bonchev–Trinajstić information content (AvgIpc) is 2.71. The van der Waals surface area contributed by atoms with Crippen molar-refractivity contribution in [2.45, 2.75) is 45.6 Å². The number of hydrogen-bond donors (Lipinski definition) is 2. The summed E-state index contributed by atoms with van der Waals surface area (Å²) in [5.74, 6) is 0.127. The summed E-state index contributed by atoms with van der Waals surface area (Å²) in [4.78, 5) is 11.7. The summed E-state index contributed by atoms with van der Waals surface area (Å²) in [7, 11) is 0. The molecule has 0 spiro atoms. The van der Waals surface area contributed by atoms with E-state index in [0.29, 0.717) is 25.4 Å². The maximum absolute atomic E-state index is 11.7. The molecule has 1 fully saturated rings. The summed E-state index contributed by atoms with van der Waals surface area (Å²) in [5.41, 5.74) is 1.42. The smallest absolute Gasteiger partial charge is 0.334 e. The van der Waals surface area contributed by atoms with Crippen LogP contribution < -0.4 is 0 Å². The highest BCUT2D eigenvalue weighted by molar-refractivity contribution is 5.92. The summed E-state index contributed by atoms with van der Waals surface area (Å²) in [6.07, 6.45) is 2.54. The first-order valence-corrected chi connectivity index (χ1v) is 7.09. The van der Waals surface area contributed by atoms with Crippen LogP contribution in [-0.2, 0) is 9.53 Å². The van der Waals surface area contributed by atoms with E-state index < -0.39 is 6.10 Å². The van der Waals surface area contributed by atoms with E-state index in [4.69, 9.17) is 4.74 Å². The topological polar surface area (TPSA) is 66.8 Å². The molecular formula is C15H22O4.